The van der Waals surface area contributed by atoms with E-state index in [4.69, 9.17) is 5.73 Å². The maximum absolute atomic E-state index is 5.64. The zero-order valence-corrected chi connectivity index (χ0v) is 7.48. The van der Waals surface area contributed by atoms with Gasteiger partial charge in [0.05, 0.1) is 6.17 Å². The molecule has 1 aromatic carbocycles. The lowest BCUT2D eigenvalue weighted by Gasteiger charge is -2.18. The average molecular weight is 175 g/mol. The topological polar surface area (TPSA) is 32.3 Å². The third-order valence-electron chi connectivity index (χ3n) is 2.90. The monoisotopic (exact) mass is 175 g/mol. The largest absolute Gasteiger partial charge is 0.399 e. The first-order valence-electron chi connectivity index (χ1n) is 4.71. The van der Waals surface area contributed by atoms with E-state index in [-0.39, 0.29) is 0 Å². The highest BCUT2D eigenvalue weighted by molar-refractivity contribution is 5.55. The normalized spacial score (nSPS) is 30.3. The van der Waals surface area contributed by atoms with Crippen molar-refractivity contribution >= 4 is 11.4 Å². The molecule has 2 N–H and O–H groups in total. The molecule has 2 atom stereocenters. The van der Waals surface area contributed by atoms with E-state index in [2.05, 4.69) is 21.9 Å². The van der Waals surface area contributed by atoms with Crippen LogP contribution in [0.15, 0.2) is 24.3 Å². The van der Waals surface area contributed by atoms with Crippen LogP contribution in [0.25, 0.3) is 0 Å². The average Bonchev–Trinajstić information content (AvgIpc) is 2.81. The molecule has 2 unspecified atom stereocenters. The van der Waals surface area contributed by atoms with E-state index < -0.39 is 0 Å². The zero-order chi connectivity index (χ0) is 8.84. The standard InChI is InChI=1S/C10H13N3/c11-8-1-3-9(4-2-8)13-6-5-12-7-10(12)13/h1-4,10H,5-7,11H2. The molecule has 3 nitrogen and oxygen atoms in total. The van der Waals surface area contributed by atoms with Crippen molar-refractivity contribution in [2.24, 2.45) is 0 Å². The summed E-state index contributed by atoms with van der Waals surface area (Å²) in [6.45, 7) is 3.62. The SMILES string of the molecule is Nc1ccc(N2CCN3CC32)cc1. The van der Waals surface area contributed by atoms with Crippen LogP contribution < -0.4 is 10.6 Å². The number of nitrogens with zero attached hydrogens (tertiary/aromatic N) is 2. The van der Waals surface area contributed by atoms with Gasteiger partial charge < -0.3 is 10.6 Å². The minimum atomic E-state index is 0.684. The van der Waals surface area contributed by atoms with Gasteiger partial charge in [-0.2, -0.15) is 0 Å². The van der Waals surface area contributed by atoms with Gasteiger partial charge in [-0.05, 0) is 24.3 Å². The number of hydrogen-bond donors (Lipinski definition) is 1. The summed E-state index contributed by atoms with van der Waals surface area (Å²) in [5, 5.41) is 0. The van der Waals surface area contributed by atoms with Crippen LogP contribution in [-0.4, -0.2) is 30.7 Å². The van der Waals surface area contributed by atoms with Crippen molar-refractivity contribution in [3.63, 3.8) is 0 Å². The second-order valence-corrected chi connectivity index (χ2v) is 3.76. The lowest BCUT2D eigenvalue weighted by atomic mass is 10.2. The van der Waals surface area contributed by atoms with Gasteiger partial charge in [-0.15, -0.1) is 0 Å². The van der Waals surface area contributed by atoms with E-state index in [0.717, 1.165) is 12.2 Å². The van der Waals surface area contributed by atoms with E-state index in [1.54, 1.807) is 0 Å². The molecule has 0 aliphatic carbocycles. The smallest absolute Gasteiger partial charge is 0.0953 e. The Morgan fingerprint density at radius 2 is 1.92 bits per heavy atom. The summed E-state index contributed by atoms with van der Waals surface area (Å²) in [6.07, 6.45) is 0.684. The summed E-state index contributed by atoms with van der Waals surface area (Å²) >= 11 is 0. The highest BCUT2D eigenvalue weighted by Gasteiger charge is 2.44. The van der Waals surface area contributed by atoms with Crippen LogP contribution in [0.5, 0.6) is 0 Å². The zero-order valence-electron chi connectivity index (χ0n) is 7.48. The molecule has 0 bridgehead atoms. The second-order valence-electron chi connectivity index (χ2n) is 3.76. The third kappa shape index (κ3) is 1.08. The molecule has 13 heavy (non-hydrogen) atoms. The van der Waals surface area contributed by atoms with E-state index in [0.29, 0.717) is 6.17 Å². The summed E-state index contributed by atoms with van der Waals surface area (Å²) in [5.74, 6) is 0. The maximum atomic E-state index is 5.64. The van der Waals surface area contributed by atoms with Crippen LogP contribution in [0.4, 0.5) is 11.4 Å². The van der Waals surface area contributed by atoms with Crippen molar-refractivity contribution in [1.29, 1.82) is 0 Å². The Morgan fingerprint density at radius 1 is 1.15 bits per heavy atom. The Morgan fingerprint density at radius 3 is 2.46 bits per heavy atom. The molecular formula is C10H13N3. The second kappa shape index (κ2) is 2.39. The predicted octanol–water partition coefficient (Wildman–Crippen LogP) is 0.730. The molecule has 3 rings (SSSR count). The lowest BCUT2D eigenvalue weighted by Crippen LogP contribution is -2.24. The molecule has 2 fully saturated rings. The van der Waals surface area contributed by atoms with Gasteiger partial charge in [0.25, 0.3) is 0 Å². The highest BCUT2D eigenvalue weighted by Crippen LogP contribution is 2.32. The van der Waals surface area contributed by atoms with Crippen molar-refractivity contribution in [2.45, 2.75) is 6.17 Å². The Balaban J connectivity index is 1.87. The summed E-state index contributed by atoms with van der Waals surface area (Å²) in [5.41, 5.74) is 7.79. The van der Waals surface area contributed by atoms with Crippen LogP contribution >= 0.6 is 0 Å². The fourth-order valence-corrected chi connectivity index (χ4v) is 2.05. The molecular weight excluding hydrogens is 162 g/mol. The van der Waals surface area contributed by atoms with Crippen molar-refractivity contribution < 1.29 is 0 Å². The minimum absolute atomic E-state index is 0.684. The molecule has 1 aromatic rings. The van der Waals surface area contributed by atoms with Crippen LogP contribution in [-0.2, 0) is 0 Å². The molecule has 0 radical (unpaired) electrons. The number of piperazine rings is 1. The summed E-state index contributed by atoms with van der Waals surface area (Å²) in [7, 11) is 0. The van der Waals surface area contributed by atoms with Crippen LogP contribution in [0, 0.1) is 0 Å². The fourth-order valence-electron chi connectivity index (χ4n) is 2.05. The summed E-state index contributed by atoms with van der Waals surface area (Å²) in [6, 6.07) is 8.16. The number of benzene rings is 1. The molecule has 2 saturated heterocycles. The molecule has 2 heterocycles. The molecule has 2 aliphatic rings. The van der Waals surface area contributed by atoms with Gasteiger partial charge in [0.1, 0.15) is 0 Å². The van der Waals surface area contributed by atoms with Crippen molar-refractivity contribution in [2.75, 3.05) is 30.3 Å². The molecule has 3 heteroatoms. The van der Waals surface area contributed by atoms with E-state index in [1.807, 2.05) is 12.1 Å². The van der Waals surface area contributed by atoms with Gasteiger partial charge in [-0.3, -0.25) is 4.90 Å². The lowest BCUT2D eigenvalue weighted by molar-refractivity contribution is 0.605. The summed E-state index contributed by atoms with van der Waals surface area (Å²) < 4.78 is 0. The van der Waals surface area contributed by atoms with Gasteiger partial charge >= 0.3 is 0 Å². The third-order valence-corrected chi connectivity index (χ3v) is 2.90. The van der Waals surface area contributed by atoms with Crippen LogP contribution in [0.3, 0.4) is 0 Å². The van der Waals surface area contributed by atoms with Crippen LogP contribution in [0.1, 0.15) is 0 Å². The van der Waals surface area contributed by atoms with Gasteiger partial charge in [0.2, 0.25) is 0 Å². The molecule has 0 amide bonds. The van der Waals surface area contributed by atoms with Gasteiger partial charge in [-0.1, -0.05) is 0 Å². The Hall–Kier alpha value is -1.22. The van der Waals surface area contributed by atoms with Gasteiger partial charge in [0.15, 0.2) is 0 Å². The van der Waals surface area contributed by atoms with Gasteiger partial charge in [0, 0.05) is 31.0 Å². The summed E-state index contributed by atoms with van der Waals surface area (Å²) in [4.78, 5) is 4.91. The first-order chi connectivity index (χ1) is 6.34. The minimum Gasteiger partial charge on any atom is -0.399 e. The van der Waals surface area contributed by atoms with E-state index in [9.17, 15) is 0 Å². The number of anilines is 2. The van der Waals surface area contributed by atoms with E-state index in [1.165, 1.54) is 18.8 Å². The Labute approximate surface area is 77.7 Å². The first kappa shape index (κ1) is 7.21. The van der Waals surface area contributed by atoms with Crippen molar-refractivity contribution in [1.82, 2.24) is 4.90 Å². The number of nitrogens with two attached hydrogens (primary N) is 1. The quantitative estimate of drug-likeness (QED) is 0.504. The number of rotatable bonds is 1. The molecule has 2 aliphatic heterocycles. The van der Waals surface area contributed by atoms with Crippen molar-refractivity contribution in [3.8, 4) is 0 Å². The number of nitrogen functional groups attached to an aromatic ring is 1. The van der Waals surface area contributed by atoms with Crippen molar-refractivity contribution in [3.05, 3.63) is 24.3 Å². The number of fused-ring (bicyclic) bond motifs is 1. The van der Waals surface area contributed by atoms with E-state index >= 15 is 0 Å². The molecule has 0 spiro atoms. The van der Waals surface area contributed by atoms with Crippen LogP contribution in [0.2, 0.25) is 0 Å². The number of hydrogen-bond acceptors (Lipinski definition) is 3. The van der Waals surface area contributed by atoms with Gasteiger partial charge in [-0.25, -0.2) is 0 Å². The molecule has 68 valence electrons. The first-order valence-corrected chi connectivity index (χ1v) is 4.71. The molecule has 0 saturated carbocycles. The fraction of sp³-hybridized carbons (Fsp3) is 0.400. The highest BCUT2D eigenvalue weighted by atomic mass is 15.5. The Bertz CT molecular complexity index is 319. The Kier molecular flexibility index (Phi) is 1.32. The molecule has 0 aromatic heterocycles. The predicted molar refractivity (Wildman–Crippen MR) is 53.6 cm³/mol. The maximum Gasteiger partial charge on any atom is 0.0953 e.